The Bertz CT molecular complexity index is 1250. The van der Waals surface area contributed by atoms with Gasteiger partial charge in [0, 0.05) is 11.1 Å². The number of carbonyl (C=O) groups is 1. The van der Waals surface area contributed by atoms with Crippen molar-refractivity contribution in [2.75, 3.05) is 19.5 Å². The minimum absolute atomic E-state index is 0.00602. The number of benzene rings is 2. The van der Waals surface area contributed by atoms with Gasteiger partial charge < -0.3 is 15.2 Å². The second kappa shape index (κ2) is 8.68. The van der Waals surface area contributed by atoms with Gasteiger partial charge in [0.1, 0.15) is 11.3 Å². The Morgan fingerprint density at radius 3 is 2.21 bits per heavy atom. The van der Waals surface area contributed by atoms with Crippen LogP contribution in [0.5, 0.6) is 5.75 Å². The monoisotopic (exact) mass is 474 g/mol. The summed E-state index contributed by atoms with van der Waals surface area (Å²) in [5, 5.41) is -0.00602. The number of nitrogen functional groups attached to an aromatic ring is 1. The minimum atomic E-state index is -4.72. The zero-order chi connectivity index (χ0) is 24.6. The lowest BCUT2D eigenvalue weighted by molar-refractivity contribution is -0.139. The number of hydrogen-bond acceptors (Lipinski definition) is 5. The van der Waals surface area contributed by atoms with Crippen molar-refractivity contribution >= 4 is 22.6 Å². The molecule has 176 valence electrons. The van der Waals surface area contributed by atoms with E-state index in [-0.39, 0.29) is 28.0 Å². The number of aromatic nitrogens is 1. The van der Waals surface area contributed by atoms with E-state index < -0.39 is 48.0 Å². The van der Waals surface area contributed by atoms with E-state index in [0.29, 0.717) is 6.07 Å². The molecule has 0 aliphatic carbocycles. The summed E-state index contributed by atoms with van der Waals surface area (Å²) in [4.78, 5) is 25.2. The standard InChI is InChI=1S/C21H16F6N2O4/c1-32-19(31)16-17(28)14-7-2-11(21(25,26)27)10-15(14)29(18(16)30)12-3-5-13(6-4-12)33-9-8-20(22,23)24/h2-7,10H,8-9,28H2,1H3. The Morgan fingerprint density at radius 2 is 1.67 bits per heavy atom. The lowest BCUT2D eigenvalue weighted by atomic mass is 10.1. The Morgan fingerprint density at radius 1 is 1.03 bits per heavy atom. The fourth-order valence-electron chi connectivity index (χ4n) is 3.12. The first-order valence-corrected chi connectivity index (χ1v) is 9.27. The third-order valence-electron chi connectivity index (χ3n) is 4.68. The maximum atomic E-state index is 13.3. The lowest BCUT2D eigenvalue weighted by Crippen LogP contribution is -2.28. The maximum absolute atomic E-state index is 13.3. The largest absolute Gasteiger partial charge is 0.493 e. The minimum Gasteiger partial charge on any atom is -0.493 e. The zero-order valence-corrected chi connectivity index (χ0v) is 16.9. The van der Waals surface area contributed by atoms with Crippen LogP contribution in [0.15, 0.2) is 47.3 Å². The lowest BCUT2D eigenvalue weighted by Gasteiger charge is -2.17. The van der Waals surface area contributed by atoms with Gasteiger partial charge in [-0.2, -0.15) is 26.3 Å². The van der Waals surface area contributed by atoms with Crippen LogP contribution in [0.4, 0.5) is 32.0 Å². The van der Waals surface area contributed by atoms with Gasteiger partial charge in [0.05, 0.1) is 36.9 Å². The first kappa shape index (κ1) is 24.0. The first-order chi connectivity index (χ1) is 15.3. The number of carbonyl (C=O) groups excluding carboxylic acids is 1. The molecular weight excluding hydrogens is 458 g/mol. The van der Waals surface area contributed by atoms with Gasteiger partial charge in [-0.1, -0.05) is 6.07 Å². The molecule has 2 N–H and O–H groups in total. The Kier molecular flexibility index (Phi) is 6.30. The van der Waals surface area contributed by atoms with Gasteiger partial charge in [-0.15, -0.1) is 0 Å². The van der Waals surface area contributed by atoms with Gasteiger partial charge in [-0.25, -0.2) is 4.79 Å². The average Bonchev–Trinajstić information content (AvgIpc) is 2.73. The molecule has 1 aromatic heterocycles. The van der Waals surface area contributed by atoms with E-state index in [1.165, 1.54) is 24.3 Å². The van der Waals surface area contributed by atoms with E-state index in [1.54, 1.807) is 0 Å². The van der Waals surface area contributed by atoms with Crippen LogP contribution in [-0.2, 0) is 10.9 Å². The molecule has 0 saturated heterocycles. The number of nitrogens with zero attached hydrogens (tertiary/aromatic N) is 1. The summed E-state index contributed by atoms with van der Waals surface area (Å²) in [6.45, 7) is -0.644. The number of esters is 1. The van der Waals surface area contributed by atoms with Crippen molar-refractivity contribution in [2.24, 2.45) is 0 Å². The normalized spacial score (nSPS) is 12.1. The maximum Gasteiger partial charge on any atom is 0.416 e. The van der Waals surface area contributed by atoms with Crippen LogP contribution in [0.1, 0.15) is 22.3 Å². The summed E-state index contributed by atoms with van der Waals surface area (Å²) < 4.78 is 87.1. The molecule has 3 aromatic rings. The van der Waals surface area contributed by atoms with E-state index in [4.69, 9.17) is 10.5 Å². The zero-order valence-electron chi connectivity index (χ0n) is 16.9. The summed E-state index contributed by atoms with van der Waals surface area (Å²) in [6, 6.07) is 7.48. The SMILES string of the molecule is COC(=O)c1c(N)c2ccc(C(F)(F)F)cc2n(-c2ccc(OCCC(F)(F)F)cc2)c1=O. The number of methoxy groups -OCH3 is 1. The summed E-state index contributed by atoms with van der Waals surface area (Å²) >= 11 is 0. The summed E-state index contributed by atoms with van der Waals surface area (Å²) in [7, 11) is 1.01. The molecule has 0 saturated carbocycles. The molecule has 0 atom stereocenters. The molecule has 0 fully saturated rings. The van der Waals surface area contributed by atoms with Crippen LogP contribution >= 0.6 is 0 Å². The predicted octanol–water partition coefficient (Wildman–Crippen LogP) is 4.71. The number of ether oxygens (including phenoxy) is 2. The number of alkyl halides is 6. The van der Waals surface area contributed by atoms with Gasteiger partial charge in [0.25, 0.3) is 5.56 Å². The van der Waals surface area contributed by atoms with E-state index in [9.17, 15) is 35.9 Å². The Labute approximate surface area is 182 Å². The van der Waals surface area contributed by atoms with Gasteiger partial charge in [0.15, 0.2) is 0 Å². The number of nitrogens with two attached hydrogens (primary N) is 1. The molecule has 0 amide bonds. The summed E-state index contributed by atoms with van der Waals surface area (Å²) in [5.74, 6) is -1.04. The van der Waals surface area contributed by atoms with Crippen LogP contribution in [0.2, 0.25) is 0 Å². The van der Waals surface area contributed by atoms with Crippen molar-refractivity contribution < 1.29 is 40.6 Å². The molecule has 12 heteroatoms. The highest BCUT2D eigenvalue weighted by Gasteiger charge is 2.32. The quantitative estimate of drug-likeness (QED) is 0.428. The third kappa shape index (κ3) is 5.04. The van der Waals surface area contributed by atoms with Crippen LogP contribution in [0.25, 0.3) is 16.6 Å². The number of fused-ring (bicyclic) bond motifs is 1. The van der Waals surface area contributed by atoms with Crippen molar-refractivity contribution in [1.82, 2.24) is 4.57 Å². The number of halogens is 6. The summed E-state index contributed by atoms with van der Waals surface area (Å²) in [5.41, 5.74) is 2.70. The molecule has 3 rings (SSSR count). The molecule has 1 heterocycles. The average molecular weight is 474 g/mol. The number of pyridine rings is 1. The number of anilines is 1. The molecule has 6 nitrogen and oxygen atoms in total. The Hall–Kier alpha value is -3.70. The topological polar surface area (TPSA) is 83.6 Å². The third-order valence-corrected chi connectivity index (χ3v) is 4.68. The van der Waals surface area contributed by atoms with Crippen molar-refractivity contribution in [2.45, 2.75) is 18.8 Å². The number of rotatable bonds is 5. The van der Waals surface area contributed by atoms with E-state index in [2.05, 4.69) is 4.74 Å². The van der Waals surface area contributed by atoms with Crippen LogP contribution in [0, 0.1) is 0 Å². The van der Waals surface area contributed by atoms with Crippen molar-refractivity contribution in [3.8, 4) is 11.4 Å². The Balaban J connectivity index is 2.17. The molecule has 0 unspecified atom stereocenters. The van der Waals surface area contributed by atoms with Crippen LogP contribution in [0.3, 0.4) is 0 Å². The van der Waals surface area contributed by atoms with E-state index in [1.807, 2.05) is 0 Å². The molecule has 0 radical (unpaired) electrons. The molecule has 33 heavy (non-hydrogen) atoms. The van der Waals surface area contributed by atoms with Crippen LogP contribution < -0.4 is 16.0 Å². The van der Waals surface area contributed by atoms with E-state index >= 15 is 0 Å². The molecule has 0 aliphatic rings. The number of hydrogen-bond donors (Lipinski definition) is 1. The van der Waals surface area contributed by atoms with E-state index in [0.717, 1.165) is 23.8 Å². The van der Waals surface area contributed by atoms with Crippen LogP contribution in [-0.4, -0.2) is 30.4 Å². The smallest absolute Gasteiger partial charge is 0.416 e. The first-order valence-electron chi connectivity index (χ1n) is 9.27. The van der Waals surface area contributed by atoms with Crippen molar-refractivity contribution in [3.05, 3.63) is 63.9 Å². The highest BCUT2D eigenvalue weighted by Crippen LogP contribution is 2.34. The van der Waals surface area contributed by atoms with Gasteiger partial charge >= 0.3 is 18.3 Å². The fourth-order valence-corrected chi connectivity index (χ4v) is 3.12. The molecular formula is C21H16F6N2O4. The molecule has 2 aromatic carbocycles. The summed E-state index contributed by atoms with van der Waals surface area (Å²) in [6.07, 6.45) is -10.3. The second-order valence-electron chi connectivity index (χ2n) is 6.86. The van der Waals surface area contributed by atoms with Gasteiger partial charge in [-0.05, 0) is 36.4 Å². The highest BCUT2D eigenvalue weighted by molar-refractivity contribution is 6.04. The van der Waals surface area contributed by atoms with Crippen molar-refractivity contribution in [3.63, 3.8) is 0 Å². The predicted molar refractivity (Wildman–Crippen MR) is 106 cm³/mol. The molecule has 0 spiro atoms. The van der Waals surface area contributed by atoms with Gasteiger partial charge in [-0.3, -0.25) is 9.36 Å². The van der Waals surface area contributed by atoms with Gasteiger partial charge in [0.2, 0.25) is 0 Å². The highest BCUT2D eigenvalue weighted by atomic mass is 19.4. The van der Waals surface area contributed by atoms with Crippen molar-refractivity contribution in [1.29, 1.82) is 0 Å². The molecule has 0 aliphatic heterocycles. The molecule has 0 bridgehead atoms. The second-order valence-corrected chi connectivity index (χ2v) is 6.86. The fraction of sp³-hybridized carbons (Fsp3) is 0.238.